The molecule has 0 saturated heterocycles. The molecule has 10 nitrogen and oxygen atoms in total. The highest BCUT2D eigenvalue weighted by Gasteiger charge is 2.49. The average molecular weight is 541 g/mol. The molecule has 0 aromatic heterocycles. The molecule has 2 heterocycles. The fraction of sp³-hybridized carbons (Fsp3) is 0.583. The maximum Gasteiger partial charge on any atom is 0.348 e. The smallest absolute Gasteiger partial charge is 0.348 e. The van der Waals surface area contributed by atoms with Gasteiger partial charge in [-0.25, -0.2) is 8.42 Å². The Morgan fingerprint density at radius 3 is 2.39 bits per heavy atom. The van der Waals surface area contributed by atoms with Gasteiger partial charge >= 0.3 is 7.52 Å². The zero-order valence-corrected chi connectivity index (χ0v) is 23.9. The number of carbonyl (C=O) groups excluding carboxylic acids is 1. The minimum absolute atomic E-state index is 0.0309. The van der Waals surface area contributed by atoms with Crippen LogP contribution in [0.3, 0.4) is 0 Å². The fourth-order valence-corrected chi connectivity index (χ4v) is 6.72. The molecule has 36 heavy (non-hydrogen) atoms. The highest BCUT2D eigenvalue weighted by Crippen LogP contribution is 2.53. The molecular formula is C24H37N4O6PS. The van der Waals surface area contributed by atoms with E-state index in [-0.39, 0.29) is 40.2 Å². The molecule has 2 atom stereocenters. The maximum absolute atomic E-state index is 13.9. The standard InChI is InChI=1S/C24H37N4O6PS/c1-9-24(6,7)14-28-20(23(3,4)5)19(29)18(22(28)30)21-25-16-12-11-15(27-36(8,32)33)13-17(16)35(31,26-21)34-10-2/h11-13,20,27,29H,9-10,14H2,1-8H3,(H,25,26,31)/t20?,35-/m0/s1. The maximum atomic E-state index is 13.9. The van der Waals surface area contributed by atoms with Crippen LogP contribution < -0.4 is 15.3 Å². The van der Waals surface area contributed by atoms with Crippen molar-refractivity contribution in [3.05, 3.63) is 29.5 Å². The van der Waals surface area contributed by atoms with Crippen LogP contribution in [-0.2, 0) is 23.9 Å². The molecule has 1 unspecified atom stereocenters. The fourth-order valence-electron chi connectivity index (χ4n) is 4.36. The van der Waals surface area contributed by atoms with E-state index in [1.807, 2.05) is 20.8 Å². The number of sulfonamides is 1. The molecule has 0 saturated carbocycles. The minimum atomic E-state index is -3.91. The van der Waals surface area contributed by atoms with Gasteiger partial charge in [-0.05, 0) is 42.4 Å². The second kappa shape index (κ2) is 9.50. The summed E-state index contributed by atoms with van der Waals surface area (Å²) in [6.45, 7) is 14.2. The summed E-state index contributed by atoms with van der Waals surface area (Å²) in [6, 6.07) is 3.85. The van der Waals surface area contributed by atoms with Crippen LogP contribution in [0.1, 0.15) is 54.9 Å². The van der Waals surface area contributed by atoms with Gasteiger partial charge in [0.2, 0.25) is 10.0 Å². The number of fused-ring (bicyclic) bond motifs is 1. The number of rotatable bonds is 8. The summed E-state index contributed by atoms with van der Waals surface area (Å²) in [7, 11) is -7.47. The normalized spacial score (nSPS) is 22.9. The first kappa shape index (κ1) is 28.2. The quantitative estimate of drug-likeness (QED) is 0.419. The zero-order chi connectivity index (χ0) is 27.3. The Morgan fingerprint density at radius 1 is 1.22 bits per heavy atom. The number of benzene rings is 1. The van der Waals surface area contributed by atoms with Crippen molar-refractivity contribution in [2.45, 2.75) is 60.9 Å². The van der Waals surface area contributed by atoms with Gasteiger partial charge in [-0.3, -0.25) is 14.1 Å². The minimum Gasteiger partial charge on any atom is -0.509 e. The van der Waals surface area contributed by atoms with E-state index >= 15 is 0 Å². The molecule has 200 valence electrons. The first-order valence-corrected chi connectivity index (χ1v) is 15.4. The van der Waals surface area contributed by atoms with Crippen molar-refractivity contribution in [1.29, 1.82) is 0 Å². The molecule has 12 heteroatoms. The van der Waals surface area contributed by atoms with Crippen LogP contribution in [0.25, 0.3) is 0 Å². The van der Waals surface area contributed by atoms with Gasteiger partial charge in [-0.1, -0.05) is 41.5 Å². The predicted octanol–water partition coefficient (Wildman–Crippen LogP) is 4.24. The summed E-state index contributed by atoms with van der Waals surface area (Å²) in [6.07, 6.45) is 1.85. The molecule has 3 N–H and O–H groups in total. The molecule has 2 aliphatic rings. The molecule has 0 aliphatic carbocycles. The summed E-state index contributed by atoms with van der Waals surface area (Å²) in [5.74, 6) is -0.564. The van der Waals surface area contributed by atoms with Gasteiger partial charge < -0.3 is 19.8 Å². The lowest BCUT2D eigenvalue weighted by Crippen LogP contribution is -2.48. The van der Waals surface area contributed by atoms with E-state index in [0.29, 0.717) is 12.2 Å². The van der Waals surface area contributed by atoms with E-state index in [1.165, 1.54) is 12.1 Å². The van der Waals surface area contributed by atoms with E-state index in [4.69, 9.17) is 4.52 Å². The second-order valence-electron chi connectivity index (χ2n) is 11.1. The van der Waals surface area contributed by atoms with Crippen LogP contribution in [0.4, 0.5) is 11.4 Å². The largest absolute Gasteiger partial charge is 0.509 e. The Balaban J connectivity index is 2.13. The monoisotopic (exact) mass is 540 g/mol. The summed E-state index contributed by atoms with van der Waals surface area (Å²) >= 11 is 0. The number of nitrogens with zero attached hydrogens (tertiary/aromatic N) is 2. The van der Waals surface area contributed by atoms with Crippen molar-refractivity contribution < 1.29 is 27.4 Å². The Labute approximate surface area is 213 Å². The number of anilines is 2. The summed E-state index contributed by atoms with van der Waals surface area (Å²) in [4.78, 5) is 15.4. The van der Waals surface area contributed by atoms with Gasteiger partial charge in [0.15, 0.2) is 5.84 Å². The topological polar surface area (TPSA) is 137 Å². The van der Waals surface area contributed by atoms with E-state index in [0.717, 1.165) is 12.7 Å². The van der Waals surface area contributed by atoms with Crippen molar-refractivity contribution in [2.24, 2.45) is 15.6 Å². The Hall–Kier alpha value is -2.36. The molecule has 0 bridgehead atoms. The number of aliphatic hydroxyl groups is 1. The van der Waals surface area contributed by atoms with Gasteiger partial charge in [-0.15, -0.1) is 0 Å². The van der Waals surface area contributed by atoms with Crippen LogP contribution >= 0.6 is 7.52 Å². The molecule has 0 fully saturated rings. The van der Waals surface area contributed by atoms with Crippen molar-refractivity contribution >= 4 is 46.0 Å². The summed E-state index contributed by atoms with van der Waals surface area (Å²) in [5, 5.41) is 14.6. The number of hydrogen-bond donors (Lipinski definition) is 3. The lowest BCUT2D eigenvalue weighted by Gasteiger charge is -2.39. The number of aliphatic hydroxyl groups excluding tert-OH is 1. The van der Waals surface area contributed by atoms with Crippen molar-refractivity contribution in [3.63, 3.8) is 0 Å². The molecule has 1 aromatic rings. The van der Waals surface area contributed by atoms with Crippen molar-refractivity contribution in [1.82, 2.24) is 4.90 Å². The van der Waals surface area contributed by atoms with Gasteiger partial charge in [0, 0.05) is 12.2 Å². The lowest BCUT2D eigenvalue weighted by molar-refractivity contribution is -0.130. The van der Waals surface area contributed by atoms with Crippen molar-refractivity contribution in [3.8, 4) is 0 Å². The van der Waals surface area contributed by atoms with Gasteiger partial charge in [0.05, 0.1) is 29.9 Å². The highest BCUT2D eigenvalue weighted by molar-refractivity contribution is 7.92. The van der Waals surface area contributed by atoms with Gasteiger partial charge in [0.25, 0.3) is 5.91 Å². The Morgan fingerprint density at radius 2 is 1.86 bits per heavy atom. The van der Waals surface area contributed by atoms with Gasteiger partial charge in [-0.2, -0.15) is 4.76 Å². The third-order valence-corrected chi connectivity index (χ3v) is 8.97. The zero-order valence-electron chi connectivity index (χ0n) is 22.2. The molecule has 1 aromatic carbocycles. The Kier molecular flexibility index (Phi) is 7.45. The van der Waals surface area contributed by atoms with Gasteiger partial charge in [0.1, 0.15) is 11.3 Å². The first-order valence-electron chi connectivity index (χ1n) is 11.9. The molecule has 2 aliphatic heterocycles. The van der Waals surface area contributed by atoms with Crippen LogP contribution in [0.2, 0.25) is 0 Å². The first-order chi connectivity index (χ1) is 16.4. The number of amidine groups is 1. The molecule has 0 spiro atoms. The summed E-state index contributed by atoms with van der Waals surface area (Å²) in [5.41, 5.74) is -0.146. The third kappa shape index (κ3) is 5.63. The van der Waals surface area contributed by atoms with E-state index < -0.39 is 34.9 Å². The molecule has 3 rings (SSSR count). The molecular weight excluding hydrogens is 503 g/mol. The number of hydrogen-bond acceptors (Lipinski definition) is 7. The molecule has 0 radical (unpaired) electrons. The van der Waals surface area contributed by atoms with Crippen LogP contribution in [0.5, 0.6) is 0 Å². The number of amides is 1. The number of carbonyl (C=O) groups is 1. The van der Waals surface area contributed by atoms with Crippen LogP contribution in [-0.4, -0.2) is 55.6 Å². The SMILES string of the molecule is CCO[P@]1(=O)N=C(C2=C(O)C(C(C)(C)C)N(CC(C)(C)CC)C2=O)Nc2ccc(NS(C)(=O)=O)cc21. The van der Waals surface area contributed by atoms with Crippen molar-refractivity contribution in [2.75, 3.05) is 29.4 Å². The molecule has 1 amide bonds. The Bertz CT molecular complexity index is 1280. The second-order valence-corrected chi connectivity index (χ2v) is 14.8. The third-order valence-electron chi connectivity index (χ3n) is 6.31. The summed E-state index contributed by atoms with van der Waals surface area (Å²) < 4.78 is 49.6. The predicted molar refractivity (Wildman–Crippen MR) is 144 cm³/mol. The average Bonchev–Trinajstić information content (AvgIpc) is 2.96. The van der Waals surface area contributed by atoms with E-state index in [2.05, 4.69) is 35.6 Å². The van der Waals surface area contributed by atoms with Crippen LogP contribution in [0, 0.1) is 10.8 Å². The van der Waals surface area contributed by atoms with E-state index in [9.17, 15) is 22.9 Å². The van der Waals surface area contributed by atoms with E-state index in [1.54, 1.807) is 17.9 Å². The highest BCUT2D eigenvalue weighted by atomic mass is 32.2. The lowest BCUT2D eigenvalue weighted by atomic mass is 9.83. The van der Waals surface area contributed by atoms with Crippen LogP contribution in [0.15, 0.2) is 34.3 Å². The number of nitrogens with one attached hydrogen (secondary N) is 2.